The standard InChI is InChI=1S/C22H28N4O3S/c1-4-22(3)20(28)26(21(29)23-22)24-19(27)15-25(14-18-11-10-16(2)30-18)13-12-17-8-6-5-7-9-17/h5-11H,4,12-15H2,1-3H3,(H,23,29)(H,24,27). The van der Waals surface area contributed by atoms with Gasteiger partial charge in [-0.15, -0.1) is 11.3 Å². The van der Waals surface area contributed by atoms with Gasteiger partial charge >= 0.3 is 6.03 Å². The summed E-state index contributed by atoms with van der Waals surface area (Å²) in [6.45, 7) is 6.93. The minimum Gasteiger partial charge on any atom is -0.322 e. The maximum absolute atomic E-state index is 12.7. The Morgan fingerprint density at radius 3 is 2.53 bits per heavy atom. The molecule has 1 aliphatic heterocycles. The topological polar surface area (TPSA) is 81.8 Å². The number of hydrogen-bond donors (Lipinski definition) is 2. The zero-order valence-corrected chi connectivity index (χ0v) is 18.4. The van der Waals surface area contributed by atoms with Crippen LogP contribution in [-0.4, -0.2) is 46.4 Å². The van der Waals surface area contributed by atoms with Gasteiger partial charge < -0.3 is 5.32 Å². The van der Waals surface area contributed by atoms with E-state index in [1.54, 1.807) is 18.3 Å². The molecule has 2 N–H and O–H groups in total. The summed E-state index contributed by atoms with van der Waals surface area (Å²) in [5.74, 6) is -0.826. The highest BCUT2D eigenvalue weighted by molar-refractivity contribution is 7.11. The van der Waals surface area contributed by atoms with E-state index in [2.05, 4.69) is 41.9 Å². The number of hydrazine groups is 1. The van der Waals surface area contributed by atoms with Gasteiger partial charge in [-0.05, 0) is 44.4 Å². The number of benzene rings is 1. The van der Waals surface area contributed by atoms with Crippen LogP contribution in [0.2, 0.25) is 0 Å². The fourth-order valence-electron chi connectivity index (χ4n) is 3.33. The van der Waals surface area contributed by atoms with Gasteiger partial charge in [0.1, 0.15) is 5.54 Å². The molecule has 160 valence electrons. The van der Waals surface area contributed by atoms with Crippen molar-refractivity contribution in [3.8, 4) is 0 Å². The van der Waals surface area contributed by atoms with E-state index in [9.17, 15) is 14.4 Å². The molecule has 30 heavy (non-hydrogen) atoms. The lowest BCUT2D eigenvalue weighted by Crippen LogP contribution is -2.51. The van der Waals surface area contributed by atoms with Gasteiger partial charge in [0.15, 0.2) is 0 Å². The minimum absolute atomic E-state index is 0.0870. The van der Waals surface area contributed by atoms with Crippen LogP contribution >= 0.6 is 11.3 Å². The van der Waals surface area contributed by atoms with E-state index in [0.29, 0.717) is 19.5 Å². The zero-order chi connectivity index (χ0) is 21.7. The number of thiophene rings is 1. The van der Waals surface area contributed by atoms with Crippen molar-refractivity contribution in [3.05, 3.63) is 57.8 Å². The normalized spacial score (nSPS) is 18.7. The van der Waals surface area contributed by atoms with Crippen molar-refractivity contribution < 1.29 is 14.4 Å². The second-order valence-corrected chi connectivity index (χ2v) is 9.12. The van der Waals surface area contributed by atoms with Crippen molar-refractivity contribution in [2.45, 2.75) is 45.7 Å². The summed E-state index contributed by atoms with van der Waals surface area (Å²) in [5, 5.41) is 3.44. The summed E-state index contributed by atoms with van der Waals surface area (Å²) in [6, 6.07) is 13.6. The summed E-state index contributed by atoms with van der Waals surface area (Å²) in [6.07, 6.45) is 1.25. The maximum atomic E-state index is 12.7. The van der Waals surface area contributed by atoms with Crippen LogP contribution in [0, 0.1) is 6.92 Å². The lowest BCUT2D eigenvalue weighted by Gasteiger charge is -2.23. The van der Waals surface area contributed by atoms with Crippen molar-refractivity contribution in [1.29, 1.82) is 0 Å². The van der Waals surface area contributed by atoms with Crippen molar-refractivity contribution in [2.75, 3.05) is 13.1 Å². The second-order valence-electron chi connectivity index (χ2n) is 7.75. The first-order chi connectivity index (χ1) is 14.3. The number of aryl methyl sites for hydroxylation is 1. The molecule has 1 atom stereocenters. The largest absolute Gasteiger partial charge is 0.344 e. The van der Waals surface area contributed by atoms with Gasteiger partial charge in [0.2, 0.25) is 0 Å². The molecule has 0 saturated carbocycles. The van der Waals surface area contributed by atoms with Gasteiger partial charge in [0, 0.05) is 22.8 Å². The summed E-state index contributed by atoms with van der Waals surface area (Å²) >= 11 is 1.70. The number of rotatable bonds is 9. The number of amides is 4. The Labute approximate surface area is 181 Å². The smallest absolute Gasteiger partial charge is 0.322 e. The molecule has 0 bridgehead atoms. The molecule has 1 aromatic heterocycles. The molecule has 1 aromatic carbocycles. The molecule has 7 nitrogen and oxygen atoms in total. The van der Waals surface area contributed by atoms with E-state index in [1.165, 1.54) is 15.3 Å². The third-order valence-electron chi connectivity index (χ3n) is 5.31. The second kappa shape index (κ2) is 9.40. The summed E-state index contributed by atoms with van der Waals surface area (Å²) in [4.78, 5) is 41.8. The van der Waals surface area contributed by atoms with E-state index in [-0.39, 0.29) is 12.5 Å². The highest BCUT2D eigenvalue weighted by Crippen LogP contribution is 2.20. The van der Waals surface area contributed by atoms with E-state index >= 15 is 0 Å². The molecule has 1 unspecified atom stereocenters. The van der Waals surface area contributed by atoms with Crippen LogP contribution in [0.15, 0.2) is 42.5 Å². The van der Waals surface area contributed by atoms with Crippen molar-refractivity contribution in [2.24, 2.45) is 0 Å². The summed E-state index contributed by atoms with van der Waals surface area (Å²) in [7, 11) is 0. The molecule has 2 heterocycles. The highest BCUT2D eigenvalue weighted by atomic mass is 32.1. The Morgan fingerprint density at radius 2 is 1.93 bits per heavy atom. The molecule has 1 fully saturated rings. The maximum Gasteiger partial charge on any atom is 0.344 e. The molecule has 2 aromatic rings. The Balaban J connectivity index is 1.64. The van der Waals surface area contributed by atoms with Crippen LogP contribution in [0.25, 0.3) is 0 Å². The predicted molar refractivity (Wildman–Crippen MR) is 117 cm³/mol. The van der Waals surface area contributed by atoms with Gasteiger partial charge in [0.25, 0.3) is 11.8 Å². The van der Waals surface area contributed by atoms with Crippen molar-refractivity contribution >= 4 is 29.2 Å². The quantitative estimate of drug-likeness (QED) is 0.602. The van der Waals surface area contributed by atoms with Crippen molar-refractivity contribution in [1.82, 2.24) is 20.7 Å². The number of nitrogens with zero attached hydrogens (tertiary/aromatic N) is 2. The Kier molecular flexibility index (Phi) is 6.89. The lowest BCUT2D eigenvalue weighted by atomic mass is 10.00. The van der Waals surface area contributed by atoms with Gasteiger partial charge in [-0.25, -0.2) is 4.79 Å². The fraction of sp³-hybridized carbons (Fsp3) is 0.409. The molecular weight excluding hydrogens is 400 g/mol. The molecule has 1 aliphatic rings. The average Bonchev–Trinajstić information content (AvgIpc) is 3.23. The molecule has 0 radical (unpaired) electrons. The summed E-state index contributed by atoms with van der Waals surface area (Å²) < 4.78 is 0. The van der Waals surface area contributed by atoms with E-state index in [4.69, 9.17) is 0 Å². The minimum atomic E-state index is -0.980. The lowest BCUT2D eigenvalue weighted by molar-refractivity contribution is -0.139. The number of nitrogens with one attached hydrogen (secondary N) is 2. The first-order valence-corrected chi connectivity index (χ1v) is 10.9. The number of urea groups is 1. The third kappa shape index (κ3) is 5.25. The molecular formula is C22H28N4O3S. The number of imide groups is 1. The van der Waals surface area contributed by atoms with E-state index in [0.717, 1.165) is 11.4 Å². The van der Waals surface area contributed by atoms with Gasteiger partial charge in [-0.3, -0.25) is 19.9 Å². The summed E-state index contributed by atoms with van der Waals surface area (Å²) in [5.41, 5.74) is 2.69. The van der Waals surface area contributed by atoms with E-state index in [1.807, 2.05) is 30.0 Å². The van der Waals surface area contributed by atoms with Crippen LogP contribution in [0.5, 0.6) is 0 Å². The Hall–Kier alpha value is -2.71. The zero-order valence-electron chi connectivity index (χ0n) is 17.6. The van der Waals surface area contributed by atoms with Gasteiger partial charge in [-0.2, -0.15) is 5.01 Å². The number of carbonyl (C=O) groups is 3. The van der Waals surface area contributed by atoms with Crippen LogP contribution in [0.1, 0.15) is 35.6 Å². The first kappa shape index (κ1) is 22.0. The predicted octanol–water partition coefficient (Wildman–Crippen LogP) is 2.85. The van der Waals surface area contributed by atoms with E-state index < -0.39 is 17.5 Å². The van der Waals surface area contributed by atoms with Crippen LogP contribution in [-0.2, 0) is 22.6 Å². The SMILES string of the molecule is CCC1(C)NC(=O)N(NC(=O)CN(CCc2ccccc2)Cc2ccc(C)s2)C1=O. The van der Waals surface area contributed by atoms with Crippen LogP contribution in [0.4, 0.5) is 4.79 Å². The highest BCUT2D eigenvalue weighted by Gasteiger charge is 2.47. The number of hydrogen-bond acceptors (Lipinski definition) is 5. The van der Waals surface area contributed by atoms with Crippen molar-refractivity contribution in [3.63, 3.8) is 0 Å². The fourth-order valence-corrected chi connectivity index (χ4v) is 4.26. The number of carbonyl (C=O) groups excluding carboxylic acids is 3. The Bertz CT molecular complexity index is 914. The first-order valence-electron chi connectivity index (χ1n) is 10.1. The monoisotopic (exact) mass is 428 g/mol. The average molecular weight is 429 g/mol. The van der Waals surface area contributed by atoms with Crippen LogP contribution in [0.3, 0.4) is 0 Å². The molecule has 1 saturated heterocycles. The Morgan fingerprint density at radius 1 is 1.20 bits per heavy atom. The molecule has 4 amide bonds. The third-order valence-corrected chi connectivity index (χ3v) is 6.29. The van der Waals surface area contributed by atoms with Gasteiger partial charge in [-0.1, -0.05) is 37.3 Å². The van der Waals surface area contributed by atoms with Gasteiger partial charge in [0.05, 0.1) is 6.54 Å². The van der Waals surface area contributed by atoms with Crippen LogP contribution < -0.4 is 10.7 Å². The molecule has 0 aliphatic carbocycles. The molecule has 8 heteroatoms. The molecule has 0 spiro atoms. The molecule has 3 rings (SSSR count).